The molecule has 0 aliphatic carbocycles. The Bertz CT molecular complexity index is 1880. The quantitative estimate of drug-likeness (QED) is 0.142. The van der Waals surface area contributed by atoms with Gasteiger partial charge in [-0.2, -0.15) is 11.3 Å². The van der Waals surface area contributed by atoms with Crippen LogP contribution in [0.25, 0.3) is 40.3 Å². The lowest BCUT2D eigenvalue weighted by molar-refractivity contribution is 0.469. The zero-order chi connectivity index (χ0) is 55.1. The number of benzene rings is 4. The lowest BCUT2D eigenvalue weighted by Crippen LogP contribution is -1.93. The van der Waals surface area contributed by atoms with Gasteiger partial charge in [0.05, 0.1) is 0 Å². The van der Waals surface area contributed by atoms with Crippen LogP contribution in [0, 0.1) is 21.7 Å². The second-order valence-corrected chi connectivity index (χ2v) is 24.3. The number of thiophene rings is 4. The van der Waals surface area contributed by atoms with Crippen LogP contribution >= 0.6 is 45.3 Å². The fourth-order valence-corrected chi connectivity index (χ4v) is 6.85. The van der Waals surface area contributed by atoms with Crippen molar-refractivity contribution in [2.45, 2.75) is 200 Å². The zero-order valence-electron chi connectivity index (χ0n) is 50.2. The molecule has 8 aromatic rings. The minimum absolute atomic E-state index is 0.500. The fraction of sp³-hybridized carbons (Fsp3) is 0.508. The highest BCUT2D eigenvalue weighted by atomic mass is 32.1. The summed E-state index contributed by atoms with van der Waals surface area (Å²) in [6, 6.07) is 42.2. The predicted octanol–water partition coefficient (Wildman–Crippen LogP) is 26.4. The molecule has 394 valence electrons. The molecule has 0 N–H and O–H groups in total. The van der Waals surface area contributed by atoms with Crippen molar-refractivity contribution in [1.82, 2.24) is 0 Å². The van der Waals surface area contributed by atoms with E-state index in [2.05, 4.69) is 245 Å². The Hall–Kier alpha value is -3.28. The molecule has 0 amide bonds. The molecule has 4 aromatic carbocycles. The largest absolute Gasteiger partial charge is 0.152 e. The second-order valence-electron chi connectivity index (χ2n) is 20.5. The van der Waals surface area contributed by atoms with E-state index >= 15 is 0 Å². The molecular weight excluding hydrogens is 909 g/mol. The molecule has 0 aliphatic rings. The van der Waals surface area contributed by atoms with Crippen LogP contribution in [0.4, 0.5) is 0 Å². The van der Waals surface area contributed by atoms with Crippen LogP contribution in [0.1, 0.15) is 200 Å². The SMILES string of the molecule is CC.CC.CC.CC.CC.CC(C)(C)C.CC(C)(C)C.CC(C)(C)C.CC(C)(C)C.CCC.c1ccc2c(c1)sc1ccccc12.c1ccc2sccc2c1.c1ccc2sccc2c1.c1ccsc1. The van der Waals surface area contributed by atoms with Crippen molar-refractivity contribution in [2.24, 2.45) is 21.7 Å². The van der Waals surface area contributed by atoms with Crippen molar-refractivity contribution in [3.05, 3.63) is 143 Å². The Labute approximate surface area is 447 Å². The normalized spacial score (nSPS) is 9.51. The minimum atomic E-state index is 0.500. The number of hydrogen-bond acceptors (Lipinski definition) is 4. The maximum atomic E-state index is 2.19. The molecule has 0 bridgehead atoms. The Kier molecular flexibility index (Phi) is 54.1. The first kappa shape index (κ1) is 77.2. The number of rotatable bonds is 0. The molecule has 4 heterocycles. The van der Waals surface area contributed by atoms with Crippen LogP contribution in [-0.2, 0) is 0 Å². The third kappa shape index (κ3) is 58.9. The van der Waals surface area contributed by atoms with Crippen LogP contribution in [-0.4, -0.2) is 0 Å². The van der Waals surface area contributed by atoms with Crippen LogP contribution in [0.15, 0.2) is 143 Å². The third-order valence-electron chi connectivity index (χ3n) is 5.43. The summed E-state index contributed by atoms with van der Waals surface area (Å²) in [6.07, 6.45) is 1.25. The highest BCUT2D eigenvalue weighted by Crippen LogP contribution is 2.33. The molecule has 4 aromatic heterocycles. The van der Waals surface area contributed by atoms with E-state index in [-0.39, 0.29) is 0 Å². The minimum Gasteiger partial charge on any atom is -0.152 e. The standard InChI is InChI=1S/C12H8S.2C8H6S.4C5H12.C4H4S.C3H8.5C2H6/c1-3-7-11-9(5-1)10-6-2-4-8-12(10)13-11;2*1-2-4-8-7(3-1)5-6-9-8;4*1-5(2,3)4;1-2-4-5-3-1;1-3-2;5*1-2/h1-8H;2*1-6H;4*1-4H3;1-4H;3H2,1-2H3;5*1-2H3. The second kappa shape index (κ2) is 48.4. The van der Waals surface area contributed by atoms with Gasteiger partial charge in [-0.05, 0) is 90.4 Å². The van der Waals surface area contributed by atoms with E-state index in [0.717, 1.165) is 0 Å². The Balaban J connectivity index is -0.000000163. The molecule has 0 nitrogen and oxygen atoms in total. The van der Waals surface area contributed by atoms with Crippen LogP contribution in [0.2, 0.25) is 0 Å². The molecule has 0 saturated heterocycles. The molecule has 69 heavy (non-hydrogen) atoms. The molecule has 0 fully saturated rings. The Morgan fingerprint density at radius 2 is 0.507 bits per heavy atom. The van der Waals surface area contributed by atoms with Crippen LogP contribution in [0.3, 0.4) is 0 Å². The van der Waals surface area contributed by atoms with Crippen molar-refractivity contribution in [2.75, 3.05) is 0 Å². The van der Waals surface area contributed by atoms with Crippen LogP contribution in [0.5, 0.6) is 0 Å². The van der Waals surface area contributed by atoms with Gasteiger partial charge in [0.25, 0.3) is 0 Å². The summed E-state index contributed by atoms with van der Waals surface area (Å²) in [4.78, 5) is 0. The van der Waals surface area contributed by atoms with Crippen molar-refractivity contribution >= 4 is 85.7 Å². The molecule has 0 atom stereocenters. The van der Waals surface area contributed by atoms with Crippen molar-refractivity contribution in [3.63, 3.8) is 0 Å². The summed E-state index contributed by atoms with van der Waals surface area (Å²) in [7, 11) is 0. The number of fused-ring (bicyclic) bond motifs is 5. The summed E-state index contributed by atoms with van der Waals surface area (Å²) in [5.74, 6) is 0. The van der Waals surface area contributed by atoms with Gasteiger partial charge in [0.1, 0.15) is 0 Å². The summed E-state index contributed by atoms with van der Waals surface area (Å²) in [5, 5.41) is 13.8. The number of hydrogen-bond donors (Lipinski definition) is 0. The van der Waals surface area contributed by atoms with E-state index in [1.165, 1.54) is 46.8 Å². The topological polar surface area (TPSA) is 0 Å². The van der Waals surface area contributed by atoms with Gasteiger partial charge in [-0.15, -0.1) is 34.0 Å². The molecular formula is C65H110S4. The van der Waals surface area contributed by atoms with E-state index in [4.69, 9.17) is 0 Å². The van der Waals surface area contributed by atoms with Gasteiger partial charge in [-0.25, -0.2) is 0 Å². The van der Waals surface area contributed by atoms with Crippen molar-refractivity contribution in [1.29, 1.82) is 0 Å². The van der Waals surface area contributed by atoms with Gasteiger partial charge >= 0.3 is 0 Å². The van der Waals surface area contributed by atoms with Gasteiger partial charge in [0.2, 0.25) is 0 Å². The Morgan fingerprint density at radius 1 is 0.290 bits per heavy atom. The third-order valence-corrected chi connectivity index (χ3v) is 9.01. The first-order chi connectivity index (χ1) is 32.3. The van der Waals surface area contributed by atoms with E-state index in [0.29, 0.717) is 21.7 Å². The van der Waals surface area contributed by atoms with E-state index < -0.39 is 0 Å². The van der Waals surface area contributed by atoms with Crippen molar-refractivity contribution in [3.8, 4) is 0 Å². The van der Waals surface area contributed by atoms with Crippen LogP contribution < -0.4 is 0 Å². The molecule has 0 aliphatic heterocycles. The van der Waals surface area contributed by atoms with Gasteiger partial charge < -0.3 is 0 Å². The zero-order valence-corrected chi connectivity index (χ0v) is 53.5. The summed E-state index contributed by atoms with van der Waals surface area (Å²) < 4.78 is 5.50. The van der Waals surface area contributed by atoms with E-state index in [1.54, 1.807) is 34.0 Å². The predicted molar refractivity (Wildman–Crippen MR) is 341 cm³/mol. The molecule has 8 rings (SSSR count). The maximum absolute atomic E-state index is 2.19. The lowest BCUT2D eigenvalue weighted by atomic mass is 10.0. The average Bonchev–Trinajstić information content (AvgIpc) is 4.14. The fourth-order valence-electron chi connectivity index (χ4n) is 3.71. The van der Waals surface area contributed by atoms with E-state index in [9.17, 15) is 0 Å². The first-order valence-electron chi connectivity index (χ1n) is 26.0. The summed E-state index contributed by atoms with van der Waals surface area (Å²) in [5.41, 5.74) is 2.00. The molecule has 0 radical (unpaired) electrons. The molecule has 0 saturated carbocycles. The van der Waals surface area contributed by atoms with Gasteiger partial charge in [0.15, 0.2) is 0 Å². The highest BCUT2D eigenvalue weighted by Gasteiger charge is 2.01. The smallest absolute Gasteiger partial charge is 0.0355 e. The first-order valence-corrected chi connectivity index (χ1v) is 29.5. The highest BCUT2D eigenvalue weighted by molar-refractivity contribution is 7.25. The van der Waals surface area contributed by atoms with E-state index in [1.807, 2.05) is 103 Å². The maximum Gasteiger partial charge on any atom is 0.0355 e. The average molecular weight is 1020 g/mol. The lowest BCUT2D eigenvalue weighted by Gasteiger charge is -2.05. The monoisotopic (exact) mass is 1020 g/mol. The molecule has 0 unspecified atom stereocenters. The van der Waals surface area contributed by atoms with Crippen molar-refractivity contribution < 1.29 is 0 Å². The summed E-state index contributed by atoms with van der Waals surface area (Å²) >= 11 is 7.15. The summed E-state index contributed by atoms with van der Waals surface area (Å²) in [6.45, 7) is 59.2. The Morgan fingerprint density at radius 3 is 0.725 bits per heavy atom. The molecule has 4 heteroatoms. The van der Waals surface area contributed by atoms with Gasteiger partial charge in [-0.1, -0.05) is 285 Å². The van der Waals surface area contributed by atoms with Gasteiger partial charge in [0, 0.05) is 29.6 Å². The molecule has 0 spiro atoms. The van der Waals surface area contributed by atoms with Gasteiger partial charge in [-0.3, -0.25) is 0 Å².